The number of nitrogens with one attached hydrogen (secondary N) is 2. The zero-order valence-corrected chi connectivity index (χ0v) is 18.5. The summed E-state index contributed by atoms with van der Waals surface area (Å²) in [6.45, 7) is 2.16. The van der Waals surface area contributed by atoms with Gasteiger partial charge in [0, 0.05) is 42.8 Å². The molecule has 0 fully saturated rings. The van der Waals surface area contributed by atoms with Crippen molar-refractivity contribution >= 4 is 34.1 Å². The zero-order chi connectivity index (χ0) is 22.9. The average molecular weight is 454 g/mol. The van der Waals surface area contributed by atoms with E-state index in [1.54, 1.807) is 0 Å². The Morgan fingerprint density at radius 3 is 2.41 bits per heavy atom. The number of carbonyl (C=O) groups is 3. The van der Waals surface area contributed by atoms with Crippen LogP contribution in [-0.4, -0.2) is 29.1 Å². The van der Waals surface area contributed by atoms with Crippen molar-refractivity contribution in [3.05, 3.63) is 70.9 Å². The van der Waals surface area contributed by atoms with Crippen LogP contribution in [0.2, 0.25) is 0 Å². The fraction of sp³-hybridized carbons (Fsp3) is 0.250. The maximum Gasteiger partial charge on any atom is 0.226 e. The zero-order valence-electron chi connectivity index (χ0n) is 17.7. The molecular weight excluding hydrogens is 429 g/mol. The summed E-state index contributed by atoms with van der Waals surface area (Å²) >= 11 is 1.32. The van der Waals surface area contributed by atoms with Crippen molar-refractivity contribution in [1.82, 2.24) is 10.3 Å². The number of rotatable bonds is 10. The molecule has 2 aromatic carbocycles. The van der Waals surface area contributed by atoms with E-state index in [2.05, 4.69) is 15.6 Å². The number of carbonyl (C=O) groups excluding carboxylic acids is 3. The average Bonchev–Trinajstić information content (AvgIpc) is 3.24. The lowest BCUT2D eigenvalue weighted by molar-refractivity contribution is -0.119. The number of benzene rings is 2. The predicted molar refractivity (Wildman–Crippen MR) is 123 cm³/mol. The number of amides is 2. The summed E-state index contributed by atoms with van der Waals surface area (Å²) in [6, 6.07) is 13.3. The molecule has 3 aromatic rings. The molecule has 0 aliphatic rings. The van der Waals surface area contributed by atoms with Crippen molar-refractivity contribution in [1.29, 1.82) is 0 Å². The van der Waals surface area contributed by atoms with Crippen LogP contribution >= 0.6 is 11.3 Å². The molecule has 0 aliphatic heterocycles. The van der Waals surface area contributed by atoms with Gasteiger partial charge in [-0.25, -0.2) is 9.37 Å². The smallest absolute Gasteiger partial charge is 0.226 e. The van der Waals surface area contributed by atoms with E-state index in [1.165, 1.54) is 48.1 Å². The molecule has 0 bridgehead atoms. The number of ketones is 1. The minimum Gasteiger partial charge on any atom is -0.356 e. The van der Waals surface area contributed by atoms with Crippen LogP contribution in [0.4, 0.5) is 9.52 Å². The van der Waals surface area contributed by atoms with Gasteiger partial charge in [0.05, 0.1) is 5.69 Å². The second-order valence-corrected chi connectivity index (χ2v) is 8.16. The van der Waals surface area contributed by atoms with Crippen LogP contribution in [0.3, 0.4) is 0 Å². The highest BCUT2D eigenvalue weighted by atomic mass is 32.1. The molecule has 6 nitrogen and oxygen atoms in total. The Kier molecular flexibility index (Phi) is 8.21. The molecule has 1 heterocycles. The molecule has 3 rings (SSSR count). The summed E-state index contributed by atoms with van der Waals surface area (Å²) in [4.78, 5) is 39.6. The normalized spacial score (nSPS) is 10.6. The SMILES string of the molecule is CC(=O)NCCCc1ccc(-c2csc(NC(=O)CCC(=O)c3ccc(F)cc3)n2)cc1. The molecule has 0 saturated carbocycles. The monoisotopic (exact) mass is 453 g/mol. The first kappa shape index (κ1) is 23.3. The van der Waals surface area contributed by atoms with Crippen molar-refractivity contribution in [2.24, 2.45) is 0 Å². The number of thiazole rings is 1. The third kappa shape index (κ3) is 7.09. The lowest BCUT2D eigenvalue weighted by Crippen LogP contribution is -2.21. The number of hydrogen-bond donors (Lipinski definition) is 2. The topological polar surface area (TPSA) is 88.2 Å². The van der Waals surface area contributed by atoms with E-state index < -0.39 is 5.82 Å². The van der Waals surface area contributed by atoms with Crippen LogP contribution in [0.5, 0.6) is 0 Å². The van der Waals surface area contributed by atoms with Gasteiger partial charge in [0.2, 0.25) is 11.8 Å². The second-order valence-electron chi connectivity index (χ2n) is 7.30. The minimum absolute atomic E-state index is 0.0220. The highest BCUT2D eigenvalue weighted by Crippen LogP contribution is 2.25. The molecule has 0 unspecified atom stereocenters. The van der Waals surface area contributed by atoms with Crippen LogP contribution in [0.25, 0.3) is 11.3 Å². The summed E-state index contributed by atoms with van der Waals surface area (Å²) < 4.78 is 12.9. The van der Waals surface area contributed by atoms with E-state index in [-0.39, 0.29) is 30.4 Å². The Morgan fingerprint density at radius 2 is 1.72 bits per heavy atom. The highest BCUT2D eigenvalue weighted by Gasteiger charge is 2.12. The number of aryl methyl sites for hydroxylation is 1. The van der Waals surface area contributed by atoms with Crippen LogP contribution in [-0.2, 0) is 16.0 Å². The standard InChI is InChI=1S/C24H24FN3O3S/c1-16(29)26-14-2-3-17-4-6-18(7-5-17)21-15-32-24(27-21)28-23(31)13-12-22(30)19-8-10-20(25)11-9-19/h4-11,15H,2-3,12-14H2,1H3,(H,26,29)(H,27,28,31). The summed E-state index contributed by atoms with van der Waals surface area (Å²) in [5.41, 5.74) is 3.26. The summed E-state index contributed by atoms with van der Waals surface area (Å²) in [5.74, 6) is -0.935. The molecule has 1 aromatic heterocycles. The van der Waals surface area contributed by atoms with Gasteiger partial charge in [-0.05, 0) is 42.7 Å². The Labute approximate surface area is 189 Å². The fourth-order valence-corrected chi connectivity index (χ4v) is 3.79. The Hall–Kier alpha value is -3.39. The molecule has 0 aliphatic carbocycles. The van der Waals surface area contributed by atoms with Gasteiger partial charge in [-0.1, -0.05) is 24.3 Å². The number of nitrogens with zero attached hydrogens (tertiary/aromatic N) is 1. The van der Waals surface area contributed by atoms with E-state index in [0.717, 1.165) is 24.1 Å². The molecule has 0 saturated heterocycles. The first-order valence-corrected chi connectivity index (χ1v) is 11.2. The Morgan fingerprint density at radius 1 is 1.00 bits per heavy atom. The predicted octanol–water partition coefficient (Wildman–Crippen LogP) is 4.62. The number of anilines is 1. The molecule has 0 atom stereocenters. The molecule has 0 radical (unpaired) electrons. The van der Waals surface area contributed by atoms with Crippen LogP contribution in [0, 0.1) is 5.82 Å². The number of aromatic nitrogens is 1. The third-order valence-electron chi connectivity index (χ3n) is 4.76. The molecule has 2 amide bonds. The lowest BCUT2D eigenvalue weighted by atomic mass is 10.1. The number of halogens is 1. The maximum atomic E-state index is 12.9. The molecule has 166 valence electrons. The van der Waals surface area contributed by atoms with Gasteiger partial charge >= 0.3 is 0 Å². The van der Waals surface area contributed by atoms with Crippen LogP contribution < -0.4 is 10.6 Å². The largest absolute Gasteiger partial charge is 0.356 e. The highest BCUT2D eigenvalue weighted by molar-refractivity contribution is 7.14. The van der Waals surface area contributed by atoms with E-state index in [4.69, 9.17) is 0 Å². The van der Waals surface area contributed by atoms with E-state index in [1.807, 2.05) is 29.6 Å². The van der Waals surface area contributed by atoms with Gasteiger partial charge in [-0.2, -0.15) is 0 Å². The summed E-state index contributed by atoms with van der Waals surface area (Å²) in [5, 5.41) is 7.84. The van der Waals surface area contributed by atoms with E-state index in [9.17, 15) is 18.8 Å². The summed E-state index contributed by atoms with van der Waals surface area (Å²) in [6.07, 6.45) is 1.81. The number of hydrogen-bond acceptors (Lipinski definition) is 5. The van der Waals surface area contributed by atoms with Crippen molar-refractivity contribution in [3.63, 3.8) is 0 Å². The molecule has 0 spiro atoms. The van der Waals surface area contributed by atoms with Gasteiger partial charge in [0.25, 0.3) is 0 Å². The molecule has 8 heteroatoms. The summed E-state index contributed by atoms with van der Waals surface area (Å²) in [7, 11) is 0. The number of Topliss-reactive ketones (excluding diaryl/α,β-unsaturated/α-hetero) is 1. The van der Waals surface area contributed by atoms with Crippen molar-refractivity contribution in [3.8, 4) is 11.3 Å². The van der Waals surface area contributed by atoms with Gasteiger partial charge in [0.15, 0.2) is 10.9 Å². The second kappa shape index (κ2) is 11.3. The maximum absolute atomic E-state index is 12.9. The quantitative estimate of drug-likeness (QED) is 0.346. The van der Waals surface area contributed by atoms with Crippen molar-refractivity contribution in [2.75, 3.05) is 11.9 Å². The third-order valence-corrected chi connectivity index (χ3v) is 5.52. The first-order chi connectivity index (χ1) is 15.4. The van der Waals surface area contributed by atoms with Gasteiger partial charge < -0.3 is 10.6 Å². The first-order valence-electron chi connectivity index (χ1n) is 10.3. The lowest BCUT2D eigenvalue weighted by Gasteiger charge is -2.04. The molecular formula is C24H24FN3O3S. The van der Waals surface area contributed by atoms with Crippen LogP contribution in [0.15, 0.2) is 53.9 Å². The van der Waals surface area contributed by atoms with Crippen molar-refractivity contribution < 1.29 is 18.8 Å². The minimum atomic E-state index is -0.407. The van der Waals surface area contributed by atoms with Crippen LogP contribution in [0.1, 0.15) is 42.1 Å². The molecule has 32 heavy (non-hydrogen) atoms. The Balaban J connectivity index is 1.47. The molecule has 2 N–H and O–H groups in total. The van der Waals surface area contributed by atoms with Gasteiger partial charge in [-0.15, -0.1) is 11.3 Å². The fourth-order valence-electron chi connectivity index (χ4n) is 3.05. The van der Waals surface area contributed by atoms with Gasteiger partial charge in [-0.3, -0.25) is 14.4 Å². The van der Waals surface area contributed by atoms with E-state index >= 15 is 0 Å². The van der Waals surface area contributed by atoms with Gasteiger partial charge in [0.1, 0.15) is 5.82 Å². The van der Waals surface area contributed by atoms with Crippen molar-refractivity contribution in [2.45, 2.75) is 32.6 Å². The Bertz CT molecular complexity index is 1080. The van der Waals surface area contributed by atoms with E-state index in [0.29, 0.717) is 17.2 Å².